The highest BCUT2D eigenvalue weighted by Gasteiger charge is 2.16. The van der Waals surface area contributed by atoms with Crippen molar-refractivity contribution in [1.29, 1.82) is 5.41 Å². The number of aromatic nitrogens is 3. The number of hydrogen-bond donors (Lipinski definition) is 2. The Hall–Kier alpha value is -2.29. The van der Waals surface area contributed by atoms with Crippen LogP contribution >= 0.6 is 15.9 Å². The number of nitrogens with zero attached hydrogens (tertiary/aromatic N) is 4. The highest BCUT2D eigenvalue weighted by molar-refractivity contribution is 9.10. The molecule has 4 rings (SSSR count). The summed E-state index contributed by atoms with van der Waals surface area (Å²) in [6.45, 7) is 4.33. The average molecular weight is 429 g/mol. The van der Waals surface area contributed by atoms with Crippen LogP contribution in [0.1, 0.15) is 11.4 Å². The maximum absolute atomic E-state index is 7.87. The topological polar surface area (TPSA) is 92.5 Å². The molecule has 1 fully saturated rings. The van der Waals surface area contributed by atoms with Crippen LogP contribution in [0.5, 0.6) is 0 Å². The molecule has 0 atom stereocenters. The first-order valence-electron chi connectivity index (χ1n) is 8.91. The summed E-state index contributed by atoms with van der Waals surface area (Å²) in [5.41, 5.74) is 8.92. The van der Waals surface area contributed by atoms with E-state index in [0.717, 1.165) is 60.8 Å². The lowest BCUT2D eigenvalue weighted by Gasteiger charge is -2.25. The number of fused-ring (bicyclic) bond motifs is 1. The summed E-state index contributed by atoms with van der Waals surface area (Å²) in [5, 5.41) is 12.6. The molecule has 1 aliphatic heterocycles. The lowest BCUT2D eigenvalue weighted by atomic mass is 10.1. The normalized spacial score (nSPS) is 15.3. The van der Waals surface area contributed by atoms with Gasteiger partial charge in [-0.25, -0.2) is 9.50 Å². The van der Waals surface area contributed by atoms with Gasteiger partial charge in [-0.2, -0.15) is 5.10 Å². The van der Waals surface area contributed by atoms with Crippen molar-refractivity contribution in [3.8, 4) is 11.3 Å². The highest BCUT2D eigenvalue weighted by Crippen LogP contribution is 2.25. The number of amidine groups is 1. The van der Waals surface area contributed by atoms with Crippen molar-refractivity contribution >= 4 is 27.4 Å². The minimum Gasteiger partial charge on any atom is -0.384 e. The first kappa shape index (κ1) is 18.1. The summed E-state index contributed by atoms with van der Waals surface area (Å²) in [7, 11) is 0. The number of pyridine rings is 1. The van der Waals surface area contributed by atoms with Crippen molar-refractivity contribution in [2.45, 2.75) is 6.42 Å². The molecule has 1 aliphatic rings. The molecular weight excluding hydrogens is 408 g/mol. The van der Waals surface area contributed by atoms with Crippen molar-refractivity contribution < 1.29 is 4.74 Å². The van der Waals surface area contributed by atoms with Crippen molar-refractivity contribution in [3.63, 3.8) is 0 Å². The molecule has 1 saturated heterocycles. The second kappa shape index (κ2) is 7.75. The second-order valence-corrected chi connectivity index (χ2v) is 7.44. The fourth-order valence-electron chi connectivity index (χ4n) is 3.27. The van der Waals surface area contributed by atoms with E-state index in [1.54, 1.807) is 4.52 Å². The predicted molar refractivity (Wildman–Crippen MR) is 108 cm³/mol. The van der Waals surface area contributed by atoms with Crippen LogP contribution in [-0.2, 0) is 11.2 Å². The first-order valence-corrected chi connectivity index (χ1v) is 9.70. The van der Waals surface area contributed by atoms with Crippen LogP contribution in [0.4, 0.5) is 0 Å². The van der Waals surface area contributed by atoms with Crippen molar-refractivity contribution in [1.82, 2.24) is 19.5 Å². The zero-order valence-corrected chi connectivity index (χ0v) is 16.4. The van der Waals surface area contributed by atoms with Crippen LogP contribution in [0.15, 0.2) is 40.9 Å². The molecule has 0 radical (unpaired) electrons. The van der Waals surface area contributed by atoms with Gasteiger partial charge in [0.15, 0.2) is 11.5 Å². The van der Waals surface area contributed by atoms with Gasteiger partial charge in [0.05, 0.1) is 24.5 Å². The quantitative estimate of drug-likeness (QED) is 0.480. The van der Waals surface area contributed by atoms with Gasteiger partial charge in [0, 0.05) is 36.1 Å². The molecule has 0 saturated carbocycles. The van der Waals surface area contributed by atoms with E-state index < -0.39 is 0 Å². The summed E-state index contributed by atoms with van der Waals surface area (Å²) < 4.78 is 8.19. The Labute approximate surface area is 165 Å². The number of hydrogen-bond acceptors (Lipinski definition) is 5. The van der Waals surface area contributed by atoms with E-state index >= 15 is 0 Å². The van der Waals surface area contributed by atoms with E-state index in [2.05, 4.69) is 25.8 Å². The molecule has 0 spiro atoms. The number of rotatable bonds is 5. The van der Waals surface area contributed by atoms with Crippen LogP contribution < -0.4 is 5.73 Å². The number of halogens is 1. The third kappa shape index (κ3) is 3.87. The van der Waals surface area contributed by atoms with E-state index in [1.807, 2.05) is 36.4 Å². The predicted octanol–water partition coefficient (Wildman–Crippen LogP) is 2.32. The van der Waals surface area contributed by atoms with Gasteiger partial charge in [0.2, 0.25) is 0 Å². The molecule has 7 nitrogen and oxygen atoms in total. The van der Waals surface area contributed by atoms with Crippen LogP contribution in [0.3, 0.4) is 0 Å². The molecule has 2 aromatic heterocycles. The molecule has 0 aliphatic carbocycles. The Morgan fingerprint density at radius 3 is 2.78 bits per heavy atom. The molecule has 27 heavy (non-hydrogen) atoms. The summed E-state index contributed by atoms with van der Waals surface area (Å²) in [5.74, 6) is 0.749. The average Bonchev–Trinajstić information content (AvgIpc) is 3.10. The van der Waals surface area contributed by atoms with Crippen molar-refractivity contribution in [2.75, 3.05) is 32.8 Å². The molecule has 3 N–H and O–H groups in total. The number of morpholine rings is 1. The number of nitrogen functional groups attached to an aromatic ring is 1. The smallest absolute Gasteiger partial charge is 0.167 e. The van der Waals surface area contributed by atoms with Gasteiger partial charge in [-0.15, -0.1) is 0 Å². The second-order valence-electron chi connectivity index (χ2n) is 6.52. The van der Waals surface area contributed by atoms with Gasteiger partial charge >= 0.3 is 0 Å². The van der Waals surface area contributed by atoms with E-state index in [0.29, 0.717) is 11.2 Å². The van der Waals surface area contributed by atoms with Gasteiger partial charge in [-0.3, -0.25) is 10.3 Å². The number of ether oxygens (including phenoxy) is 1. The Morgan fingerprint density at radius 2 is 2.04 bits per heavy atom. The minimum atomic E-state index is -0.00655. The van der Waals surface area contributed by atoms with Crippen LogP contribution in [0.2, 0.25) is 0 Å². The van der Waals surface area contributed by atoms with E-state index in [1.165, 1.54) is 0 Å². The van der Waals surface area contributed by atoms with Crippen LogP contribution in [0, 0.1) is 5.41 Å². The molecule has 0 bridgehead atoms. The Balaban J connectivity index is 1.71. The standard InChI is InChI=1S/C19H21BrN6O/c20-14-3-1-2-13(12-14)16-5-4-15(18(21)22)19-23-17(24-26(16)19)6-7-25-8-10-27-11-9-25/h1-5,12H,6-11H2,(H3,21,22). The molecule has 0 unspecified atom stereocenters. The van der Waals surface area contributed by atoms with Gasteiger partial charge < -0.3 is 10.5 Å². The molecular formula is C19H21BrN6O. The summed E-state index contributed by atoms with van der Waals surface area (Å²) in [6, 6.07) is 11.8. The molecule has 8 heteroatoms. The lowest BCUT2D eigenvalue weighted by Crippen LogP contribution is -2.37. The highest BCUT2D eigenvalue weighted by atomic mass is 79.9. The fourth-order valence-corrected chi connectivity index (χ4v) is 3.67. The molecule has 0 amide bonds. The molecule has 3 heterocycles. The number of nitrogens with one attached hydrogen (secondary N) is 1. The van der Waals surface area contributed by atoms with E-state index in [4.69, 9.17) is 21.0 Å². The van der Waals surface area contributed by atoms with E-state index in [-0.39, 0.29) is 5.84 Å². The molecule has 1 aromatic carbocycles. The van der Waals surface area contributed by atoms with Gasteiger partial charge in [-0.1, -0.05) is 28.1 Å². The molecule has 3 aromatic rings. The number of benzene rings is 1. The third-order valence-corrected chi connectivity index (χ3v) is 5.19. The Bertz CT molecular complexity index is 979. The van der Waals surface area contributed by atoms with Gasteiger partial charge in [0.25, 0.3) is 0 Å². The van der Waals surface area contributed by atoms with Crippen LogP contribution in [0.25, 0.3) is 16.9 Å². The maximum Gasteiger partial charge on any atom is 0.167 e. The van der Waals surface area contributed by atoms with Crippen molar-refractivity contribution in [2.24, 2.45) is 5.73 Å². The monoisotopic (exact) mass is 428 g/mol. The van der Waals surface area contributed by atoms with Crippen LogP contribution in [-0.4, -0.2) is 58.2 Å². The number of nitrogens with two attached hydrogens (primary N) is 1. The van der Waals surface area contributed by atoms with E-state index in [9.17, 15) is 0 Å². The minimum absolute atomic E-state index is 0.00655. The largest absolute Gasteiger partial charge is 0.384 e. The zero-order chi connectivity index (χ0) is 18.8. The molecule has 140 valence electrons. The Morgan fingerprint density at radius 1 is 1.22 bits per heavy atom. The summed E-state index contributed by atoms with van der Waals surface area (Å²) >= 11 is 3.52. The fraction of sp³-hybridized carbons (Fsp3) is 0.316. The Kier molecular flexibility index (Phi) is 5.20. The summed E-state index contributed by atoms with van der Waals surface area (Å²) in [4.78, 5) is 7.05. The third-order valence-electron chi connectivity index (χ3n) is 4.69. The van der Waals surface area contributed by atoms with Gasteiger partial charge in [0.1, 0.15) is 5.84 Å². The van der Waals surface area contributed by atoms with Crippen molar-refractivity contribution in [3.05, 3.63) is 52.3 Å². The summed E-state index contributed by atoms with van der Waals surface area (Å²) in [6.07, 6.45) is 0.747. The van der Waals surface area contributed by atoms with Gasteiger partial charge in [-0.05, 0) is 24.3 Å². The zero-order valence-electron chi connectivity index (χ0n) is 14.9. The SMILES string of the molecule is N=C(N)c1ccc(-c2cccc(Br)c2)n2nc(CCN3CCOCC3)nc12. The lowest BCUT2D eigenvalue weighted by molar-refractivity contribution is 0.0382. The first-order chi connectivity index (χ1) is 13.1. The maximum atomic E-state index is 7.87.